The summed E-state index contributed by atoms with van der Waals surface area (Å²) in [5, 5.41) is 8.93. The summed E-state index contributed by atoms with van der Waals surface area (Å²) in [4.78, 5) is 0. The SMILES string of the molecule is CC1(c2ccccc2CCO)CC1. The number of rotatable bonds is 3. The van der Waals surface area contributed by atoms with Crippen LogP contribution in [0.5, 0.6) is 0 Å². The predicted molar refractivity (Wildman–Crippen MR) is 53.8 cm³/mol. The van der Waals surface area contributed by atoms with Crippen LogP contribution in [-0.4, -0.2) is 11.7 Å². The van der Waals surface area contributed by atoms with Crippen LogP contribution in [-0.2, 0) is 11.8 Å². The van der Waals surface area contributed by atoms with E-state index in [1.54, 1.807) is 0 Å². The fourth-order valence-corrected chi connectivity index (χ4v) is 1.90. The molecule has 0 spiro atoms. The van der Waals surface area contributed by atoms with Gasteiger partial charge in [-0.25, -0.2) is 0 Å². The number of hydrogen-bond acceptors (Lipinski definition) is 1. The molecule has 1 saturated carbocycles. The van der Waals surface area contributed by atoms with Crippen molar-refractivity contribution in [1.29, 1.82) is 0 Å². The van der Waals surface area contributed by atoms with Gasteiger partial charge < -0.3 is 5.11 Å². The topological polar surface area (TPSA) is 20.2 Å². The monoisotopic (exact) mass is 176 g/mol. The first-order chi connectivity index (χ1) is 6.26. The van der Waals surface area contributed by atoms with Gasteiger partial charge in [0.05, 0.1) is 0 Å². The normalized spacial score (nSPS) is 18.6. The zero-order valence-electron chi connectivity index (χ0n) is 8.09. The summed E-state index contributed by atoms with van der Waals surface area (Å²) in [5.41, 5.74) is 3.19. The molecule has 0 saturated heterocycles. The second-order valence-corrected chi connectivity index (χ2v) is 4.19. The third-order valence-electron chi connectivity index (χ3n) is 3.05. The van der Waals surface area contributed by atoms with Crippen molar-refractivity contribution in [2.75, 3.05) is 6.61 Å². The Labute approximate surface area is 79.4 Å². The summed E-state index contributed by atoms with van der Waals surface area (Å²) in [6.07, 6.45) is 3.40. The zero-order valence-corrected chi connectivity index (χ0v) is 8.09. The Bertz CT molecular complexity index is 300. The molecule has 1 aliphatic rings. The number of hydrogen-bond donors (Lipinski definition) is 1. The van der Waals surface area contributed by atoms with Crippen LogP contribution in [0, 0.1) is 0 Å². The Morgan fingerprint density at radius 1 is 1.31 bits per heavy atom. The molecule has 0 radical (unpaired) electrons. The molecular formula is C12H16O. The first-order valence-electron chi connectivity index (χ1n) is 4.95. The van der Waals surface area contributed by atoms with Gasteiger partial charge in [0.1, 0.15) is 0 Å². The molecule has 13 heavy (non-hydrogen) atoms. The standard InChI is InChI=1S/C12H16O/c1-12(7-8-12)11-5-3-2-4-10(11)6-9-13/h2-5,13H,6-9H2,1H3. The average Bonchev–Trinajstić information content (AvgIpc) is 2.86. The summed E-state index contributed by atoms with van der Waals surface area (Å²) in [7, 11) is 0. The van der Waals surface area contributed by atoms with Crippen LogP contribution in [0.15, 0.2) is 24.3 Å². The highest BCUT2D eigenvalue weighted by Gasteiger charge is 2.39. The van der Waals surface area contributed by atoms with Crippen LogP contribution < -0.4 is 0 Å². The van der Waals surface area contributed by atoms with Crippen LogP contribution in [0.3, 0.4) is 0 Å². The molecule has 1 N–H and O–H groups in total. The van der Waals surface area contributed by atoms with Crippen molar-refractivity contribution in [1.82, 2.24) is 0 Å². The van der Waals surface area contributed by atoms with E-state index in [4.69, 9.17) is 5.11 Å². The molecule has 2 rings (SSSR count). The van der Waals surface area contributed by atoms with E-state index in [0.717, 1.165) is 6.42 Å². The van der Waals surface area contributed by atoms with Crippen molar-refractivity contribution >= 4 is 0 Å². The van der Waals surface area contributed by atoms with E-state index in [-0.39, 0.29) is 6.61 Å². The quantitative estimate of drug-likeness (QED) is 0.749. The van der Waals surface area contributed by atoms with E-state index >= 15 is 0 Å². The van der Waals surface area contributed by atoms with Gasteiger partial charge in [-0.3, -0.25) is 0 Å². The highest BCUT2D eigenvalue weighted by Crippen LogP contribution is 2.48. The number of aliphatic hydroxyl groups excluding tert-OH is 1. The molecule has 0 bridgehead atoms. The molecule has 0 heterocycles. The molecule has 0 aromatic heterocycles. The Morgan fingerprint density at radius 2 is 2.00 bits per heavy atom. The maximum absolute atomic E-state index is 8.93. The lowest BCUT2D eigenvalue weighted by atomic mass is 9.92. The van der Waals surface area contributed by atoms with Gasteiger partial charge in [0.15, 0.2) is 0 Å². The minimum absolute atomic E-state index is 0.257. The van der Waals surface area contributed by atoms with Gasteiger partial charge in [-0.05, 0) is 35.8 Å². The molecule has 1 aliphatic carbocycles. The lowest BCUT2D eigenvalue weighted by Crippen LogP contribution is -2.05. The Balaban J connectivity index is 2.32. The molecule has 70 valence electrons. The van der Waals surface area contributed by atoms with Crippen molar-refractivity contribution in [2.45, 2.75) is 31.6 Å². The maximum atomic E-state index is 8.93. The summed E-state index contributed by atoms with van der Waals surface area (Å²) in [6, 6.07) is 8.49. The smallest absolute Gasteiger partial charge is 0.0471 e. The van der Waals surface area contributed by atoms with E-state index in [1.807, 2.05) is 0 Å². The van der Waals surface area contributed by atoms with Crippen LogP contribution in [0.25, 0.3) is 0 Å². The molecule has 0 unspecified atom stereocenters. The van der Waals surface area contributed by atoms with E-state index in [2.05, 4.69) is 31.2 Å². The molecule has 0 aliphatic heterocycles. The van der Waals surface area contributed by atoms with Crippen LogP contribution in [0.1, 0.15) is 30.9 Å². The van der Waals surface area contributed by atoms with Gasteiger partial charge in [0.2, 0.25) is 0 Å². The van der Waals surface area contributed by atoms with Crippen LogP contribution >= 0.6 is 0 Å². The zero-order chi connectivity index (χ0) is 9.31. The molecule has 0 atom stereocenters. The second-order valence-electron chi connectivity index (χ2n) is 4.19. The molecule has 1 heteroatoms. The first kappa shape index (κ1) is 8.76. The van der Waals surface area contributed by atoms with Gasteiger partial charge in [0.25, 0.3) is 0 Å². The lowest BCUT2D eigenvalue weighted by Gasteiger charge is -2.13. The minimum atomic E-state index is 0.257. The van der Waals surface area contributed by atoms with Gasteiger partial charge in [-0.15, -0.1) is 0 Å². The summed E-state index contributed by atoms with van der Waals surface area (Å²) >= 11 is 0. The minimum Gasteiger partial charge on any atom is -0.396 e. The summed E-state index contributed by atoms with van der Waals surface area (Å²) < 4.78 is 0. The molecule has 1 nitrogen and oxygen atoms in total. The fourth-order valence-electron chi connectivity index (χ4n) is 1.90. The maximum Gasteiger partial charge on any atom is 0.0471 e. The summed E-state index contributed by atoms with van der Waals surface area (Å²) in [5.74, 6) is 0. The highest BCUT2D eigenvalue weighted by atomic mass is 16.2. The Kier molecular flexibility index (Phi) is 2.12. The van der Waals surface area contributed by atoms with Crippen molar-refractivity contribution in [3.8, 4) is 0 Å². The van der Waals surface area contributed by atoms with Crippen molar-refractivity contribution in [2.24, 2.45) is 0 Å². The number of aliphatic hydroxyl groups is 1. The van der Waals surface area contributed by atoms with Crippen molar-refractivity contribution < 1.29 is 5.11 Å². The lowest BCUT2D eigenvalue weighted by molar-refractivity contribution is 0.299. The van der Waals surface area contributed by atoms with Crippen LogP contribution in [0.2, 0.25) is 0 Å². The van der Waals surface area contributed by atoms with Crippen molar-refractivity contribution in [3.05, 3.63) is 35.4 Å². The predicted octanol–water partition coefficient (Wildman–Crippen LogP) is 2.27. The van der Waals surface area contributed by atoms with Gasteiger partial charge in [-0.1, -0.05) is 31.2 Å². The summed E-state index contributed by atoms with van der Waals surface area (Å²) in [6.45, 7) is 2.57. The molecule has 0 amide bonds. The molecule has 1 aromatic rings. The Morgan fingerprint density at radius 3 is 2.62 bits per heavy atom. The van der Waals surface area contributed by atoms with Crippen LogP contribution in [0.4, 0.5) is 0 Å². The molecule has 1 fully saturated rings. The first-order valence-corrected chi connectivity index (χ1v) is 4.95. The van der Waals surface area contributed by atoms with Crippen molar-refractivity contribution in [3.63, 3.8) is 0 Å². The second kappa shape index (κ2) is 3.15. The van der Waals surface area contributed by atoms with Gasteiger partial charge >= 0.3 is 0 Å². The Hall–Kier alpha value is -0.820. The van der Waals surface area contributed by atoms with E-state index in [1.165, 1.54) is 24.0 Å². The van der Waals surface area contributed by atoms with E-state index < -0.39 is 0 Å². The largest absolute Gasteiger partial charge is 0.396 e. The average molecular weight is 176 g/mol. The van der Waals surface area contributed by atoms with E-state index in [0.29, 0.717) is 5.41 Å². The third kappa shape index (κ3) is 1.61. The van der Waals surface area contributed by atoms with Gasteiger partial charge in [0, 0.05) is 6.61 Å². The third-order valence-corrected chi connectivity index (χ3v) is 3.05. The van der Waals surface area contributed by atoms with Gasteiger partial charge in [-0.2, -0.15) is 0 Å². The fraction of sp³-hybridized carbons (Fsp3) is 0.500. The van der Waals surface area contributed by atoms with E-state index in [9.17, 15) is 0 Å². The number of benzene rings is 1. The molecular weight excluding hydrogens is 160 g/mol. The molecule has 1 aromatic carbocycles. The highest BCUT2D eigenvalue weighted by molar-refractivity contribution is 5.37.